The molecule has 0 bridgehead atoms. The van der Waals surface area contributed by atoms with Gasteiger partial charge in [-0.1, -0.05) is 37.9 Å². The molecule has 0 amide bonds. The maximum atomic E-state index is 10.8. The summed E-state index contributed by atoms with van der Waals surface area (Å²) in [5.41, 5.74) is 0.682. The monoisotopic (exact) mass is 415 g/mol. The molecule has 21 heavy (non-hydrogen) atoms. The number of aliphatic hydroxyl groups excluding tert-OH is 1. The van der Waals surface area contributed by atoms with Crippen molar-refractivity contribution in [3.8, 4) is 11.5 Å². The molecule has 0 saturated carbocycles. The van der Waals surface area contributed by atoms with Crippen LogP contribution in [0.4, 0.5) is 5.69 Å². The summed E-state index contributed by atoms with van der Waals surface area (Å²) >= 11 is 6.57. The van der Waals surface area contributed by atoms with E-state index in [1.807, 2.05) is 0 Å². The summed E-state index contributed by atoms with van der Waals surface area (Å²) < 4.78 is 6.89. The summed E-state index contributed by atoms with van der Waals surface area (Å²) in [6.45, 7) is 1.66. The van der Waals surface area contributed by atoms with Crippen molar-refractivity contribution in [1.29, 1.82) is 0 Å². The molecule has 0 heterocycles. The van der Waals surface area contributed by atoms with Crippen LogP contribution in [-0.2, 0) is 0 Å². The highest BCUT2D eigenvalue weighted by Crippen LogP contribution is 2.33. The van der Waals surface area contributed by atoms with Crippen LogP contribution >= 0.6 is 31.9 Å². The summed E-state index contributed by atoms with van der Waals surface area (Å²) in [6, 6.07) is 9.52. The lowest BCUT2D eigenvalue weighted by atomic mass is 10.1. The van der Waals surface area contributed by atoms with Gasteiger partial charge in [-0.05, 0) is 30.7 Å². The van der Waals surface area contributed by atoms with Crippen LogP contribution in [0.15, 0.2) is 45.3 Å². The van der Waals surface area contributed by atoms with Crippen LogP contribution in [0.3, 0.4) is 0 Å². The minimum Gasteiger partial charge on any atom is -0.457 e. The van der Waals surface area contributed by atoms with Gasteiger partial charge in [0.05, 0.1) is 17.1 Å². The topological polar surface area (TPSA) is 72.6 Å². The summed E-state index contributed by atoms with van der Waals surface area (Å²) in [5.74, 6) is 0.867. The fourth-order valence-corrected chi connectivity index (χ4v) is 2.91. The van der Waals surface area contributed by atoms with Crippen molar-refractivity contribution in [2.24, 2.45) is 0 Å². The lowest BCUT2D eigenvalue weighted by molar-refractivity contribution is -0.385. The van der Waals surface area contributed by atoms with Crippen molar-refractivity contribution in [3.05, 3.63) is 61.0 Å². The van der Waals surface area contributed by atoms with Gasteiger partial charge in [-0.2, -0.15) is 0 Å². The Balaban J connectivity index is 2.30. The molecule has 0 radical (unpaired) electrons. The van der Waals surface area contributed by atoms with Gasteiger partial charge in [0, 0.05) is 15.0 Å². The zero-order valence-electron chi connectivity index (χ0n) is 10.9. The number of ether oxygens (including phenoxy) is 1. The number of halogens is 2. The minimum absolute atomic E-state index is 0.0564. The first-order chi connectivity index (χ1) is 9.86. The van der Waals surface area contributed by atoms with E-state index in [4.69, 9.17) is 4.74 Å². The van der Waals surface area contributed by atoms with Crippen LogP contribution in [-0.4, -0.2) is 10.0 Å². The predicted octanol–water partition coefficient (Wildman–Crippen LogP) is 4.97. The second-order valence-corrected chi connectivity index (χ2v) is 6.13. The molecule has 2 rings (SSSR count). The van der Waals surface area contributed by atoms with E-state index in [1.165, 1.54) is 12.1 Å². The Labute approximate surface area is 138 Å². The highest BCUT2D eigenvalue weighted by atomic mass is 79.9. The van der Waals surface area contributed by atoms with Crippen molar-refractivity contribution in [2.45, 2.75) is 13.0 Å². The number of benzene rings is 2. The molecule has 7 heteroatoms. The molecule has 1 atom stereocenters. The average molecular weight is 417 g/mol. The van der Waals surface area contributed by atoms with Crippen LogP contribution in [0.5, 0.6) is 11.5 Å². The zero-order chi connectivity index (χ0) is 15.6. The Morgan fingerprint density at radius 1 is 1.19 bits per heavy atom. The zero-order valence-corrected chi connectivity index (χ0v) is 14.1. The van der Waals surface area contributed by atoms with Gasteiger partial charge in [-0.25, -0.2) is 0 Å². The second-order valence-electron chi connectivity index (χ2n) is 4.36. The van der Waals surface area contributed by atoms with Gasteiger partial charge in [0.25, 0.3) is 5.69 Å². The normalized spacial score (nSPS) is 12.0. The minimum atomic E-state index is -0.597. The van der Waals surface area contributed by atoms with Gasteiger partial charge in [0.15, 0.2) is 0 Å². The van der Waals surface area contributed by atoms with E-state index >= 15 is 0 Å². The van der Waals surface area contributed by atoms with Gasteiger partial charge >= 0.3 is 0 Å². The van der Waals surface area contributed by atoms with Crippen molar-refractivity contribution in [3.63, 3.8) is 0 Å². The predicted molar refractivity (Wildman–Crippen MR) is 85.6 cm³/mol. The molecule has 110 valence electrons. The highest BCUT2D eigenvalue weighted by Gasteiger charge is 2.12. The molecule has 0 fully saturated rings. The third-order valence-electron chi connectivity index (χ3n) is 2.72. The first kappa shape index (κ1) is 15.9. The van der Waals surface area contributed by atoms with Crippen LogP contribution in [0.1, 0.15) is 18.6 Å². The van der Waals surface area contributed by atoms with Gasteiger partial charge in [0.2, 0.25) is 0 Å². The number of hydrogen-bond donors (Lipinski definition) is 1. The Hall–Kier alpha value is -1.44. The largest absolute Gasteiger partial charge is 0.457 e. The van der Waals surface area contributed by atoms with Crippen molar-refractivity contribution < 1.29 is 14.8 Å². The number of nitro groups is 1. The maximum absolute atomic E-state index is 10.8. The van der Waals surface area contributed by atoms with E-state index < -0.39 is 11.0 Å². The molecular weight excluding hydrogens is 406 g/mol. The average Bonchev–Trinajstić information content (AvgIpc) is 2.37. The lowest BCUT2D eigenvalue weighted by Crippen LogP contribution is -1.94. The fraction of sp³-hybridized carbons (Fsp3) is 0.143. The Kier molecular flexibility index (Phi) is 4.97. The van der Waals surface area contributed by atoms with Crippen LogP contribution in [0, 0.1) is 10.1 Å². The molecule has 0 aliphatic heterocycles. The first-order valence-electron chi connectivity index (χ1n) is 5.97. The molecule has 0 spiro atoms. The fourth-order valence-electron chi connectivity index (χ4n) is 1.76. The molecule has 0 aliphatic rings. The van der Waals surface area contributed by atoms with Crippen molar-refractivity contribution in [1.82, 2.24) is 0 Å². The lowest BCUT2D eigenvalue weighted by Gasteiger charge is -2.11. The molecule has 0 unspecified atom stereocenters. The Bertz CT molecular complexity index is 689. The summed E-state index contributed by atoms with van der Waals surface area (Å²) in [6.07, 6.45) is -0.597. The number of aliphatic hydroxyl groups is 1. The highest BCUT2D eigenvalue weighted by molar-refractivity contribution is 9.10. The van der Waals surface area contributed by atoms with E-state index in [9.17, 15) is 15.2 Å². The van der Waals surface area contributed by atoms with E-state index in [0.717, 1.165) is 5.56 Å². The SMILES string of the molecule is C[C@@H](O)c1ccc(Oc2cc(Br)cc([N+](=O)[O-])c2)cc1Br. The number of rotatable bonds is 4. The molecular formula is C14H11Br2NO4. The summed E-state index contributed by atoms with van der Waals surface area (Å²) in [7, 11) is 0. The number of hydrogen-bond acceptors (Lipinski definition) is 4. The van der Waals surface area contributed by atoms with Gasteiger partial charge in [0.1, 0.15) is 11.5 Å². The third-order valence-corrected chi connectivity index (χ3v) is 3.87. The quantitative estimate of drug-likeness (QED) is 0.564. The standard InChI is InChI=1S/C14H11Br2NO4/c1-8(18)13-3-2-11(7-14(13)16)21-12-5-9(15)4-10(6-12)17(19)20/h2-8,18H,1H3/t8-/m1/s1. The van der Waals surface area contributed by atoms with E-state index in [-0.39, 0.29) is 5.69 Å². The molecule has 0 aromatic heterocycles. The molecule has 0 aliphatic carbocycles. The van der Waals surface area contributed by atoms with Gasteiger partial charge < -0.3 is 9.84 Å². The van der Waals surface area contributed by atoms with Gasteiger partial charge in [-0.15, -0.1) is 0 Å². The second kappa shape index (κ2) is 6.55. The van der Waals surface area contributed by atoms with E-state index in [1.54, 1.807) is 31.2 Å². The first-order valence-corrected chi connectivity index (χ1v) is 7.56. The Morgan fingerprint density at radius 2 is 1.90 bits per heavy atom. The molecule has 2 aromatic carbocycles. The molecule has 5 nitrogen and oxygen atoms in total. The number of nitrogens with zero attached hydrogens (tertiary/aromatic N) is 1. The van der Waals surface area contributed by atoms with Crippen LogP contribution < -0.4 is 4.74 Å². The van der Waals surface area contributed by atoms with E-state index in [0.29, 0.717) is 20.4 Å². The maximum Gasteiger partial charge on any atom is 0.274 e. The van der Waals surface area contributed by atoms with E-state index in [2.05, 4.69) is 31.9 Å². The Morgan fingerprint density at radius 3 is 2.48 bits per heavy atom. The summed E-state index contributed by atoms with van der Waals surface area (Å²) in [4.78, 5) is 10.3. The van der Waals surface area contributed by atoms with Crippen LogP contribution in [0.25, 0.3) is 0 Å². The van der Waals surface area contributed by atoms with Crippen molar-refractivity contribution >= 4 is 37.5 Å². The van der Waals surface area contributed by atoms with Gasteiger partial charge in [-0.3, -0.25) is 10.1 Å². The van der Waals surface area contributed by atoms with Crippen molar-refractivity contribution in [2.75, 3.05) is 0 Å². The molecule has 1 N–H and O–H groups in total. The van der Waals surface area contributed by atoms with Crippen LogP contribution in [0.2, 0.25) is 0 Å². The molecule has 0 saturated heterocycles. The smallest absolute Gasteiger partial charge is 0.274 e. The number of non-ortho nitro benzene ring substituents is 1. The third kappa shape index (κ3) is 4.03. The summed E-state index contributed by atoms with van der Waals surface area (Å²) in [5, 5.41) is 20.4. The molecule has 2 aromatic rings. The number of nitro benzene ring substituents is 1.